The molecule has 82 valence electrons. The molecule has 1 aromatic carbocycles. The highest BCUT2D eigenvalue weighted by molar-refractivity contribution is 6.35. The van der Waals surface area contributed by atoms with E-state index in [1.807, 2.05) is 18.2 Å². The number of benzene rings is 1. The van der Waals surface area contributed by atoms with Crippen LogP contribution in [-0.4, -0.2) is 26.2 Å². The van der Waals surface area contributed by atoms with Crippen LogP contribution in [0.2, 0.25) is 10.0 Å². The van der Waals surface area contributed by atoms with E-state index in [9.17, 15) is 0 Å². The fourth-order valence-corrected chi connectivity index (χ4v) is 2.34. The molecule has 0 spiro atoms. The summed E-state index contributed by atoms with van der Waals surface area (Å²) in [5, 5.41) is 4.83. The van der Waals surface area contributed by atoms with Crippen molar-refractivity contribution < 1.29 is 0 Å². The smallest absolute Gasteiger partial charge is 0.0640 e. The predicted molar refractivity (Wildman–Crippen MR) is 66.1 cm³/mol. The maximum atomic E-state index is 6.15. The summed E-state index contributed by atoms with van der Waals surface area (Å²) >= 11 is 12.1. The summed E-state index contributed by atoms with van der Waals surface area (Å²) < 4.78 is 0. The molecule has 15 heavy (non-hydrogen) atoms. The van der Waals surface area contributed by atoms with E-state index in [0.29, 0.717) is 6.04 Å². The second-order valence-corrected chi connectivity index (χ2v) is 4.70. The average Bonchev–Trinajstić information content (AvgIpc) is 2.74. The van der Waals surface area contributed by atoms with E-state index in [0.717, 1.165) is 35.2 Å². The summed E-state index contributed by atoms with van der Waals surface area (Å²) in [7, 11) is 2.06. The van der Waals surface area contributed by atoms with E-state index in [1.54, 1.807) is 0 Å². The molecule has 1 unspecified atom stereocenters. The van der Waals surface area contributed by atoms with Crippen LogP contribution >= 0.6 is 23.2 Å². The molecular formula is C11H14Cl2N2. The normalized spacial score (nSPS) is 20.6. The molecule has 1 N–H and O–H groups in total. The summed E-state index contributed by atoms with van der Waals surface area (Å²) in [5.41, 5.74) is 1.01. The van der Waals surface area contributed by atoms with E-state index in [-0.39, 0.29) is 0 Å². The molecule has 1 fully saturated rings. The van der Waals surface area contributed by atoms with Gasteiger partial charge < -0.3 is 10.2 Å². The van der Waals surface area contributed by atoms with Gasteiger partial charge in [0.05, 0.1) is 10.7 Å². The number of likely N-dealkylation sites (N-methyl/N-ethyl adjacent to an activating group) is 1. The summed E-state index contributed by atoms with van der Waals surface area (Å²) in [6.07, 6.45) is 1.15. The zero-order valence-electron chi connectivity index (χ0n) is 8.63. The Bertz CT molecular complexity index is 348. The maximum Gasteiger partial charge on any atom is 0.0640 e. The van der Waals surface area contributed by atoms with Gasteiger partial charge in [0.2, 0.25) is 0 Å². The number of nitrogens with one attached hydrogen (secondary N) is 1. The summed E-state index contributed by atoms with van der Waals surface area (Å²) in [5.74, 6) is 0. The van der Waals surface area contributed by atoms with Crippen LogP contribution in [0.3, 0.4) is 0 Å². The minimum Gasteiger partial charge on any atom is -0.369 e. The zero-order chi connectivity index (χ0) is 10.8. The molecule has 0 saturated carbocycles. The van der Waals surface area contributed by atoms with Gasteiger partial charge in [-0.05, 0) is 31.2 Å². The van der Waals surface area contributed by atoms with Gasteiger partial charge in [-0.1, -0.05) is 23.2 Å². The first-order valence-corrected chi connectivity index (χ1v) is 5.82. The zero-order valence-corrected chi connectivity index (χ0v) is 10.1. The Labute approximate surface area is 100 Å². The first-order chi connectivity index (χ1) is 7.18. The Morgan fingerprint density at radius 2 is 2.20 bits per heavy atom. The minimum absolute atomic E-state index is 0.515. The molecule has 0 aromatic heterocycles. The van der Waals surface area contributed by atoms with Crippen molar-refractivity contribution >= 4 is 28.9 Å². The molecule has 0 aliphatic carbocycles. The summed E-state index contributed by atoms with van der Waals surface area (Å²) in [6, 6.07) is 6.09. The predicted octanol–water partition coefficient (Wildman–Crippen LogP) is 2.79. The molecule has 2 nitrogen and oxygen atoms in total. The van der Waals surface area contributed by atoms with Gasteiger partial charge in [-0.3, -0.25) is 0 Å². The van der Waals surface area contributed by atoms with Crippen LogP contribution in [0.15, 0.2) is 18.2 Å². The van der Waals surface area contributed by atoms with Gasteiger partial charge in [0.15, 0.2) is 0 Å². The average molecular weight is 245 g/mol. The van der Waals surface area contributed by atoms with Gasteiger partial charge >= 0.3 is 0 Å². The van der Waals surface area contributed by atoms with Gasteiger partial charge in [0.1, 0.15) is 0 Å². The largest absolute Gasteiger partial charge is 0.369 e. The van der Waals surface area contributed by atoms with Crippen LogP contribution < -0.4 is 10.2 Å². The number of rotatable bonds is 2. The third-order valence-corrected chi connectivity index (χ3v) is 3.42. The van der Waals surface area contributed by atoms with Crippen molar-refractivity contribution in [1.29, 1.82) is 0 Å². The lowest BCUT2D eigenvalue weighted by atomic mass is 10.2. The molecule has 1 aliphatic rings. The number of anilines is 1. The van der Waals surface area contributed by atoms with Gasteiger partial charge in [0.25, 0.3) is 0 Å². The van der Waals surface area contributed by atoms with E-state index < -0.39 is 0 Å². The van der Waals surface area contributed by atoms with Crippen molar-refractivity contribution in [1.82, 2.24) is 5.32 Å². The quantitative estimate of drug-likeness (QED) is 0.861. The second kappa shape index (κ2) is 4.60. The van der Waals surface area contributed by atoms with Crippen LogP contribution in [0.1, 0.15) is 6.42 Å². The third-order valence-electron chi connectivity index (χ3n) is 2.87. The molecular weight excluding hydrogens is 231 g/mol. The topological polar surface area (TPSA) is 15.3 Å². The molecule has 1 atom stereocenters. The Kier molecular flexibility index (Phi) is 3.39. The first-order valence-electron chi connectivity index (χ1n) is 5.07. The monoisotopic (exact) mass is 244 g/mol. The van der Waals surface area contributed by atoms with Crippen molar-refractivity contribution in [2.24, 2.45) is 0 Å². The lowest BCUT2D eigenvalue weighted by Crippen LogP contribution is -2.33. The van der Waals surface area contributed by atoms with Crippen molar-refractivity contribution in [3.63, 3.8) is 0 Å². The third kappa shape index (κ3) is 2.39. The molecule has 1 aromatic rings. The Hall–Kier alpha value is -0.440. The fraction of sp³-hybridized carbons (Fsp3) is 0.455. The molecule has 4 heteroatoms. The highest BCUT2D eigenvalue weighted by Crippen LogP contribution is 2.30. The molecule has 1 saturated heterocycles. The molecule has 2 rings (SSSR count). The Morgan fingerprint density at radius 1 is 1.40 bits per heavy atom. The molecule has 0 radical (unpaired) electrons. The standard InChI is InChI=1S/C11H14Cl2N2/c1-15(9-4-5-14-7-9)11-6-8(12)2-3-10(11)13/h2-3,6,9,14H,4-5,7H2,1H3. The summed E-state index contributed by atoms with van der Waals surface area (Å²) in [4.78, 5) is 2.20. The van der Waals surface area contributed by atoms with Crippen molar-refractivity contribution in [2.45, 2.75) is 12.5 Å². The Morgan fingerprint density at radius 3 is 2.87 bits per heavy atom. The fourth-order valence-electron chi connectivity index (χ4n) is 1.92. The molecule has 0 bridgehead atoms. The highest BCUT2D eigenvalue weighted by Gasteiger charge is 2.20. The van der Waals surface area contributed by atoms with Crippen LogP contribution in [0.25, 0.3) is 0 Å². The minimum atomic E-state index is 0.515. The number of nitrogens with zero attached hydrogens (tertiary/aromatic N) is 1. The lowest BCUT2D eigenvalue weighted by molar-refractivity contribution is 0.686. The lowest BCUT2D eigenvalue weighted by Gasteiger charge is -2.27. The van der Waals surface area contributed by atoms with E-state index in [2.05, 4.69) is 17.3 Å². The van der Waals surface area contributed by atoms with Gasteiger partial charge in [-0.2, -0.15) is 0 Å². The van der Waals surface area contributed by atoms with Gasteiger partial charge in [-0.25, -0.2) is 0 Å². The van der Waals surface area contributed by atoms with E-state index in [4.69, 9.17) is 23.2 Å². The maximum absolute atomic E-state index is 6.15. The highest BCUT2D eigenvalue weighted by atomic mass is 35.5. The van der Waals surface area contributed by atoms with Gasteiger partial charge in [0, 0.05) is 24.7 Å². The van der Waals surface area contributed by atoms with Crippen molar-refractivity contribution in [3.8, 4) is 0 Å². The summed E-state index contributed by atoms with van der Waals surface area (Å²) in [6.45, 7) is 2.09. The van der Waals surface area contributed by atoms with Crippen LogP contribution in [-0.2, 0) is 0 Å². The van der Waals surface area contributed by atoms with Crippen LogP contribution in [0, 0.1) is 0 Å². The van der Waals surface area contributed by atoms with Crippen molar-refractivity contribution in [3.05, 3.63) is 28.2 Å². The molecule has 0 amide bonds. The van der Waals surface area contributed by atoms with Gasteiger partial charge in [-0.15, -0.1) is 0 Å². The van der Waals surface area contributed by atoms with E-state index in [1.165, 1.54) is 0 Å². The second-order valence-electron chi connectivity index (χ2n) is 3.85. The molecule has 1 aliphatic heterocycles. The SMILES string of the molecule is CN(c1cc(Cl)ccc1Cl)C1CCNC1. The number of hydrogen-bond donors (Lipinski definition) is 1. The number of hydrogen-bond acceptors (Lipinski definition) is 2. The van der Waals surface area contributed by atoms with Crippen molar-refractivity contribution in [2.75, 3.05) is 25.0 Å². The van der Waals surface area contributed by atoms with Crippen LogP contribution in [0.5, 0.6) is 0 Å². The van der Waals surface area contributed by atoms with E-state index >= 15 is 0 Å². The van der Waals surface area contributed by atoms with Crippen LogP contribution in [0.4, 0.5) is 5.69 Å². The number of halogens is 2. The molecule has 1 heterocycles. The first kappa shape index (κ1) is 11.1. The Balaban J connectivity index is 2.23.